The zero-order valence-corrected chi connectivity index (χ0v) is 11.5. The summed E-state index contributed by atoms with van der Waals surface area (Å²) in [6.45, 7) is 4.90. The molecule has 0 atom stereocenters. The normalized spacial score (nSPS) is 11.1. The van der Waals surface area contributed by atoms with Gasteiger partial charge < -0.3 is 5.73 Å². The second kappa shape index (κ2) is 6.36. The Labute approximate surface area is 105 Å². The first-order chi connectivity index (χ1) is 7.56. The highest BCUT2D eigenvalue weighted by Crippen LogP contribution is 2.26. The molecular formula is C13H19BrFN. The van der Waals surface area contributed by atoms with E-state index in [9.17, 15) is 4.39 Å². The number of rotatable bonds is 5. The standard InChI is InChI=1S/C13H19BrFN/c1-9(2)11-7-10(5-3-4-6-16)13(15)12(14)8-11/h7-9H,3-6,16H2,1-2H3. The summed E-state index contributed by atoms with van der Waals surface area (Å²) >= 11 is 3.27. The Balaban J connectivity index is 2.88. The van der Waals surface area contributed by atoms with Gasteiger partial charge in [-0.05, 0) is 64.8 Å². The largest absolute Gasteiger partial charge is 0.330 e. The van der Waals surface area contributed by atoms with Crippen LogP contribution in [0.2, 0.25) is 0 Å². The Morgan fingerprint density at radius 1 is 1.31 bits per heavy atom. The number of nitrogens with two attached hydrogens (primary N) is 1. The van der Waals surface area contributed by atoms with Gasteiger partial charge in [-0.3, -0.25) is 0 Å². The molecule has 90 valence electrons. The SMILES string of the molecule is CC(C)c1cc(Br)c(F)c(CCCCN)c1. The third-order valence-corrected chi connectivity index (χ3v) is 3.27. The number of aryl methyl sites for hydroxylation is 1. The van der Waals surface area contributed by atoms with Crippen LogP contribution in [0.5, 0.6) is 0 Å². The fourth-order valence-electron chi connectivity index (χ4n) is 1.64. The third-order valence-electron chi connectivity index (χ3n) is 2.69. The van der Waals surface area contributed by atoms with Crippen LogP contribution in [0.4, 0.5) is 4.39 Å². The van der Waals surface area contributed by atoms with Gasteiger partial charge in [0.2, 0.25) is 0 Å². The van der Waals surface area contributed by atoms with Gasteiger partial charge >= 0.3 is 0 Å². The van der Waals surface area contributed by atoms with E-state index in [1.165, 1.54) is 5.56 Å². The molecule has 0 spiro atoms. The highest BCUT2D eigenvalue weighted by atomic mass is 79.9. The number of benzene rings is 1. The zero-order chi connectivity index (χ0) is 12.1. The topological polar surface area (TPSA) is 26.0 Å². The van der Waals surface area contributed by atoms with Crippen molar-refractivity contribution in [2.75, 3.05) is 6.54 Å². The Morgan fingerprint density at radius 3 is 2.56 bits per heavy atom. The maximum absolute atomic E-state index is 13.8. The molecule has 0 unspecified atom stereocenters. The van der Waals surface area contributed by atoms with E-state index in [0.717, 1.165) is 24.8 Å². The first-order valence-corrected chi connectivity index (χ1v) is 6.53. The Bertz CT molecular complexity index is 350. The number of unbranched alkanes of at least 4 members (excludes halogenated alkanes) is 1. The van der Waals surface area contributed by atoms with Crippen molar-refractivity contribution in [3.8, 4) is 0 Å². The van der Waals surface area contributed by atoms with E-state index in [-0.39, 0.29) is 5.82 Å². The van der Waals surface area contributed by atoms with Crippen LogP contribution < -0.4 is 5.73 Å². The summed E-state index contributed by atoms with van der Waals surface area (Å²) in [6.07, 6.45) is 2.66. The lowest BCUT2D eigenvalue weighted by molar-refractivity contribution is 0.592. The van der Waals surface area contributed by atoms with E-state index < -0.39 is 0 Å². The van der Waals surface area contributed by atoms with Gasteiger partial charge in [-0.15, -0.1) is 0 Å². The maximum atomic E-state index is 13.8. The molecule has 0 saturated heterocycles. The van der Waals surface area contributed by atoms with Crippen LogP contribution in [-0.2, 0) is 6.42 Å². The van der Waals surface area contributed by atoms with E-state index in [2.05, 4.69) is 29.8 Å². The summed E-state index contributed by atoms with van der Waals surface area (Å²) in [5, 5.41) is 0. The van der Waals surface area contributed by atoms with Crippen LogP contribution in [0.15, 0.2) is 16.6 Å². The number of hydrogen-bond donors (Lipinski definition) is 1. The second-order valence-corrected chi connectivity index (χ2v) is 5.23. The first-order valence-electron chi connectivity index (χ1n) is 5.74. The number of halogens is 2. The smallest absolute Gasteiger partial charge is 0.140 e. The molecule has 0 bridgehead atoms. The highest BCUT2D eigenvalue weighted by Gasteiger charge is 2.10. The van der Waals surface area contributed by atoms with Crippen LogP contribution >= 0.6 is 15.9 Å². The highest BCUT2D eigenvalue weighted by molar-refractivity contribution is 9.10. The minimum Gasteiger partial charge on any atom is -0.330 e. The molecular weight excluding hydrogens is 269 g/mol. The van der Waals surface area contributed by atoms with Crippen LogP contribution in [-0.4, -0.2) is 6.54 Å². The predicted molar refractivity (Wildman–Crippen MR) is 70.2 cm³/mol. The molecule has 1 aromatic rings. The van der Waals surface area contributed by atoms with Crippen LogP contribution in [0.1, 0.15) is 43.7 Å². The second-order valence-electron chi connectivity index (χ2n) is 4.38. The van der Waals surface area contributed by atoms with Crippen molar-refractivity contribution in [3.63, 3.8) is 0 Å². The van der Waals surface area contributed by atoms with Gasteiger partial charge in [-0.2, -0.15) is 0 Å². The minimum absolute atomic E-state index is 0.124. The molecule has 0 saturated carbocycles. The molecule has 3 heteroatoms. The molecule has 0 aromatic heterocycles. The molecule has 0 amide bonds. The van der Waals surface area contributed by atoms with E-state index in [1.54, 1.807) is 0 Å². The van der Waals surface area contributed by atoms with Crippen LogP contribution in [0, 0.1) is 5.82 Å². The van der Waals surface area contributed by atoms with Gasteiger partial charge in [-0.1, -0.05) is 19.9 Å². The Morgan fingerprint density at radius 2 is 2.00 bits per heavy atom. The predicted octanol–water partition coefficient (Wildman–Crippen LogP) is 3.99. The monoisotopic (exact) mass is 287 g/mol. The van der Waals surface area contributed by atoms with E-state index >= 15 is 0 Å². The quantitative estimate of drug-likeness (QED) is 0.814. The molecule has 1 rings (SSSR count). The summed E-state index contributed by atoms with van der Waals surface area (Å²) < 4.78 is 14.4. The summed E-state index contributed by atoms with van der Waals surface area (Å²) in [4.78, 5) is 0. The van der Waals surface area contributed by atoms with Crippen molar-refractivity contribution < 1.29 is 4.39 Å². The van der Waals surface area contributed by atoms with Gasteiger partial charge in [0, 0.05) is 0 Å². The first kappa shape index (κ1) is 13.7. The average molecular weight is 288 g/mol. The fraction of sp³-hybridized carbons (Fsp3) is 0.538. The molecule has 16 heavy (non-hydrogen) atoms. The van der Waals surface area contributed by atoms with Crippen molar-refractivity contribution >= 4 is 15.9 Å². The van der Waals surface area contributed by atoms with Crippen molar-refractivity contribution in [3.05, 3.63) is 33.5 Å². The molecule has 0 heterocycles. The van der Waals surface area contributed by atoms with E-state index in [4.69, 9.17) is 5.73 Å². The van der Waals surface area contributed by atoms with Crippen molar-refractivity contribution in [1.82, 2.24) is 0 Å². The molecule has 1 aromatic carbocycles. The zero-order valence-electron chi connectivity index (χ0n) is 9.89. The molecule has 0 aliphatic rings. The molecule has 0 aliphatic heterocycles. The van der Waals surface area contributed by atoms with E-state index in [0.29, 0.717) is 16.9 Å². The third kappa shape index (κ3) is 3.56. The van der Waals surface area contributed by atoms with Crippen molar-refractivity contribution in [2.24, 2.45) is 5.73 Å². The average Bonchev–Trinajstić information content (AvgIpc) is 2.24. The van der Waals surface area contributed by atoms with Gasteiger partial charge in [-0.25, -0.2) is 4.39 Å². The van der Waals surface area contributed by atoms with Gasteiger partial charge in [0.1, 0.15) is 5.82 Å². The van der Waals surface area contributed by atoms with Crippen molar-refractivity contribution in [2.45, 2.75) is 39.0 Å². The van der Waals surface area contributed by atoms with Crippen molar-refractivity contribution in [1.29, 1.82) is 0 Å². The van der Waals surface area contributed by atoms with E-state index in [1.807, 2.05) is 12.1 Å². The summed E-state index contributed by atoms with van der Waals surface area (Å²) in [5.41, 5.74) is 7.41. The lowest BCUT2D eigenvalue weighted by atomic mass is 9.98. The Kier molecular flexibility index (Phi) is 5.42. The van der Waals surface area contributed by atoms with Crippen LogP contribution in [0.25, 0.3) is 0 Å². The fourth-order valence-corrected chi connectivity index (χ4v) is 2.16. The molecule has 2 N–H and O–H groups in total. The van der Waals surface area contributed by atoms with Gasteiger partial charge in [0.25, 0.3) is 0 Å². The lowest BCUT2D eigenvalue weighted by Gasteiger charge is -2.11. The maximum Gasteiger partial charge on any atom is 0.140 e. The summed E-state index contributed by atoms with van der Waals surface area (Å²) in [6, 6.07) is 3.84. The molecule has 1 nitrogen and oxygen atoms in total. The molecule has 0 radical (unpaired) electrons. The Hall–Kier alpha value is -0.410. The van der Waals surface area contributed by atoms with Gasteiger partial charge in [0.05, 0.1) is 4.47 Å². The molecule has 0 aliphatic carbocycles. The summed E-state index contributed by atoms with van der Waals surface area (Å²) in [5.74, 6) is 0.298. The molecule has 0 fully saturated rings. The number of hydrogen-bond acceptors (Lipinski definition) is 1. The lowest BCUT2D eigenvalue weighted by Crippen LogP contribution is -2.01. The minimum atomic E-state index is -0.124. The summed E-state index contributed by atoms with van der Waals surface area (Å²) in [7, 11) is 0. The van der Waals surface area contributed by atoms with Gasteiger partial charge in [0.15, 0.2) is 0 Å². The van der Waals surface area contributed by atoms with Crippen LogP contribution in [0.3, 0.4) is 0 Å².